The molecule has 2 aromatic carbocycles. The number of benzene rings is 2. The molecule has 0 saturated heterocycles. The molecule has 0 aliphatic heterocycles. The van der Waals surface area contributed by atoms with Crippen molar-refractivity contribution < 1.29 is 19.0 Å². The first-order chi connectivity index (χ1) is 28.7. The Balaban J connectivity index is 0.000000237. The molecule has 0 saturated carbocycles. The average molecular weight is 863 g/mol. The van der Waals surface area contributed by atoms with E-state index in [1.807, 2.05) is 60.6 Å². The van der Waals surface area contributed by atoms with Crippen molar-refractivity contribution in [3.8, 4) is 46.2 Å². The second-order valence-corrected chi connectivity index (χ2v) is 19.8. The third-order valence-corrected chi connectivity index (χ3v) is 10.7. The van der Waals surface area contributed by atoms with Gasteiger partial charge in [-0.05, 0) is 110 Å². The highest BCUT2D eigenvalue weighted by Gasteiger charge is 2.31. The van der Waals surface area contributed by atoms with E-state index >= 15 is 0 Å². The van der Waals surface area contributed by atoms with Crippen LogP contribution in [0.5, 0.6) is 11.5 Å². The van der Waals surface area contributed by atoms with Gasteiger partial charge in [-0.3, -0.25) is 0 Å². The molecule has 0 aliphatic rings. The van der Waals surface area contributed by atoms with E-state index in [0.29, 0.717) is 58.7 Å². The highest BCUT2D eigenvalue weighted by molar-refractivity contribution is 7.18. The number of carbonyl (C=O) groups excluding carboxylic acids is 1. The molecule has 0 bridgehead atoms. The van der Waals surface area contributed by atoms with Crippen LogP contribution in [0.4, 0.5) is 4.79 Å². The molecule has 4 aromatic heterocycles. The number of rotatable bonds is 13. The lowest BCUT2D eigenvalue weighted by Crippen LogP contribution is -2.52. The van der Waals surface area contributed by atoms with Crippen molar-refractivity contribution in [2.24, 2.45) is 17.6 Å². The number of aromatic nitrogens is 6. The number of fused-ring (bicyclic) bond motifs is 2. The standard InChI is InChI=1S/C25H31N5O3S.C20H23N5OS/c1-15(2)11-25(7,30-23(31)33-24(4,5)6)13-32-19-9-8-17(10-18(19)12-26)20-21-22(28-14-27-20)34-16(3)29-21;1-12(2)8-20(4,22)10-26-16-6-5-14(7-15(16)9-21)17-18-19(24-11-23-17)27-13(3)25-18/h8-10,14-15H,11,13H2,1-7H3,(H,30,31);5-7,11-12H,8,10,22H2,1-4H3/t25-;20-/m00/s1. The van der Waals surface area contributed by atoms with Gasteiger partial charge in [-0.1, -0.05) is 50.4 Å². The van der Waals surface area contributed by atoms with Gasteiger partial charge in [0.05, 0.1) is 26.7 Å². The number of hydrogen-bond acceptors (Lipinski definition) is 15. The zero-order chi connectivity index (χ0) is 44.7. The van der Waals surface area contributed by atoms with Gasteiger partial charge < -0.3 is 25.3 Å². The van der Waals surface area contributed by atoms with Crippen LogP contribution in [0, 0.1) is 48.3 Å². The Kier molecular flexibility index (Phi) is 14.6. The second kappa shape index (κ2) is 19.3. The molecule has 0 aliphatic carbocycles. The number of nitrogens with two attached hydrogens (primary N) is 1. The van der Waals surface area contributed by atoms with Crippen LogP contribution in [-0.2, 0) is 4.74 Å². The van der Waals surface area contributed by atoms with Gasteiger partial charge in [0.25, 0.3) is 0 Å². The minimum atomic E-state index is -0.682. The summed E-state index contributed by atoms with van der Waals surface area (Å²) in [7, 11) is 0. The fraction of sp³-hybridized carbons (Fsp3) is 0.444. The van der Waals surface area contributed by atoms with Crippen LogP contribution in [0.3, 0.4) is 0 Å². The van der Waals surface area contributed by atoms with Crippen molar-refractivity contribution in [3.05, 3.63) is 70.2 Å². The maximum Gasteiger partial charge on any atom is 0.408 e. The van der Waals surface area contributed by atoms with E-state index in [1.165, 1.54) is 35.3 Å². The fourth-order valence-corrected chi connectivity index (χ4v) is 8.50. The molecular weight excluding hydrogens is 809 g/mol. The minimum absolute atomic E-state index is 0.182. The lowest BCUT2D eigenvalue weighted by molar-refractivity contribution is 0.0408. The molecule has 2 atom stereocenters. The average Bonchev–Trinajstić information content (AvgIpc) is 3.75. The maximum absolute atomic E-state index is 12.4. The monoisotopic (exact) mass is 862 g/mol. The van der Waals surface area contributed by atoms with Crippen LogP contribution in [-0.4, -0.2) is 65.9 Å². The molecule has 16 heteroatoms. The number of nitrogens with zero attached hydrogens (tertiary/aromatic N) is 8. The van der Waals surface area contributed by atoms with E-state index in [9.17, 15) is 15.3 Å². The molecule has 4 heterocycles. The van der Waals surface area contributed by atoms with Crippen LogP contribution in [0.15, 0.2) is 49.1 Å². The van der Waals surface area contributed by atoms with E-state index in [2.05, 4.69) is 75.1 Å². The number of aryl methyl sites for hydroxylation is 2. The zero-order valence-electron chi connectivity index (χ0n) is 36.7. The summed E-state index contributed by atoms with van der Waals surface area (Å²) in [4.78, 5) is 40.5. The molecule has 6 rings (SSSR count). The molecule has 6 aromatic rings. The highest BCUT2D eigenvalue weighted by Crippen LogP contribution is 2.33. The predicted octanol–water partition coefficient (Wildman–Crippen LogP) is 9.72. The quantitative estimate of drug-likeness (QED) is 0.111. The maximum atomic E-state index is 12.4. The highest BCUT2D eigenvalue weighted by atomic mass is 32.1. The summed E-state index contributed by atoms with van der Waals surface area (Å²) >= 11 is 3.02. The Hall–Kier alpha value is -5.81. The predicted molar refractivity (Wildman–Crippen MR) is 240 cm³/mol. The first-order valence-electron chi connectivity index (χ1n) is 20.0. The number of thiazole rings is 2. The largest absolute Gasteiger partial charge is 0.490 e. The Morgan fingerprint density at radius 3 is 1.62 bits per heavy atom. The van der Waals surface area contributed by atoms with E-state index in [1.54, 1.807) is 24.3 Å². The number of hydrogen-bond donors (Lipinski definition) is 2. The van der Waals surface area contributed by atoms with E-state index in [0.717, 1.165) is 48.4 Å². The molecule has 3 N–H and O–H groups in total. The van der Waals surface area contributed by atoms with Gasteiger partial charge >= 0.3 is 6.09 Å². The van der Waals surface area contributed by atoms with Crippen LogP contribution in [0.1, 0.15) is 96.3 Å². The molecule has 61 heavy (non-hydrogen) atoms. The van der Waals surface area contributed by atoms with Gasteiger partial charge in [-0.25, -0.2) is 34.7 Å². The molecule has 0 radical (unpaired) electrons. The third kappa shape index (κ3) is 12.6. The van der Waals surface area contributed by atoms with Gasteiger partial charge in [0, 0.05) is 16.7 Å². The summed E-state index contributed by atoms with van der Waals surface area (Å²) in [6.45, 7) is 22.2. The number of ether oxygens (including phenoxy) is 3. The minimum Gasteiger partial charge on any atom is -0.490 e. The third-order valence-electron chi connectivity index (χ3n) is 8.99. The van der Waals surface area contributed by atoms with Crippen molar-refractivity contribution in [3.63, 3.8) is 0 Å². The van der Waals surface area contributed by atoms with Crippen LogP contribution < -0.4 is 20.5 Å². The van der Waals surface area contributed by atoms with Gasteiger partial charge in [0.2, 0.25) is 0 Å². The number of nitrogens with one attached hydrogen (secondary N) is 1. The van der Waals surface area contributed by atoms with Crippen molar-refractivity contribution in [2.45, 2.75) is 106 Å². The lowest BCUT2D eigenvalue weighted by Gasteiger charge is -2.33. The van der Waals surface area contributed by atoms with Crippen LogP contribution in [0.25, 0.3) is 43.2 Å². The van der Waals surface area contributed by atoms with E-state index in [4.69, 9.17) is 19.9 Å². The Morgan fingerprint density at radius 2 is 1.20 bits per heavy atom. The first-order valence-corrected chi connectivity index (χ1v) is 21.6. The van der Waals surface area contributed by atoms with Crippen molar-refractivity contribution >= 4 is 49.5 Å². The molecule has 0 fully saturated rings. The van der Waals surface area contributed by atoms with Crippen LogP contribution in [0.2, 0.25) is 0 Å². The van der Waals surface area contributed by atoms with Gasteiger partial charge in [0.1, 0.15) is 87.2 Å². The smallest absolute Gasteiger partial charge is 0.408 e. The summed E-state index contributed by atoms with van der Waals surface area (Å²) in [5, 5.41) is 24.2. The summed E-state index contributed by atoms with van der Waals surface area (Å²) in [6, 6.07) is 15.2. The molecule has 1 amide bonds. The number of alkyl carbamates (subject to hydrolysis) is 1. The van der Waals surface area contributed by atoms with Crippen molar-refractivity contribution in [1.29, 1.82) is 10.5 Å². The Labute approximate surface area is 365 Å². The molecule has 0 unspecified atom stereocenters. The first kappa shape index (κ1) is 46.3. The van der Waals surface area contributed by atoms with Gasteiger partial charge in [-0.15, -0.1) is 0 Å². The summed E-state index contributed by atoms with van der Waals surface area (Å²) < 4.78 is 17.4. The van der Waals surface area contributed by atoms with E-state index < -0.39 is 22.8 Å². The zero-order valence-corrected chi connectivity index (χ0v) is 38.3. The molecule has 320 valence electrons. The van der Waals surface area contributed by atoms with Crippen molar-refractivity contribution in [2.75, 3.05) is 13.2 Å². The topological polar surface area (TPSA) is 208 Å². The number of nitriles is 2. The fourth-order valence-electron chi connectivity index (χ4n) is 6.99. The lowest BCUT2D eigenvalue weighted by atomic mass is 9.91. The Morgan fingerprint density at radius 1 is 0.738 bits per heavy atom. The Bertz CT molecular complexity index is 2580. The van der Waals surface area contributed by atoms with Crippen LogP contribution >= 0.6 is 22.7 Å². The van der Waals surface area contributed by atoms with Gasteiger partial charge in [-0.2, -0.15) is 10.5 Å². The SMILES string of the molecule is Cc1nc2c(-c3ccc(OC[C@@](C)(N)CC(C)C)c(C#N)c3)ncnc2s1.Cc1nc2c(-c3ccc(OC[C@](C)(CC(C)C)NC(=O)OC(C)(C)C)c(C#N)c3)ncnc2s1. The second-order valence-electron chi connectivity index (χ2n) is 17.5. The number of carbonyl (C=O) groups is 1. The van der Waals surface area contributed by atoms with E-state index in [-0.39, 0.29) is 6.61 Å². The van der Waals surface area contributed by atoms with Gasteiger partial charge in [0.15, 0.2) is 0 Å². The van der Waals surface area contributed by atoms with Crippen molar-refractivity contribution in [1.82, 2.24) is 35.2 Å². The normalized spacial score (nSPS) is 13.4. The molecule has 14 nitrogen and oxygen atoms in total. The molecular formula is C45H54N10O4S2. The number of amides is 1. The summed E-state index contributed by atoms with van der Waals surface area (Å²) in [5.74, 6) is 1.75. The summed E-state index contributed by atoms with van der Waals surface area (Å²) in [6.07, 6.45) is 4.05. The summed E-state index contributed by atoms with van der Waals surface area (Å²) in [5.41, 5.74) is 9.85. The molecule has 0 spiro atoms.